The quantitative estimate of drug-likeness (QED) is 0.802. The molecular weight excluding hydrogens is 293 g/mol. The number of hydrogen-bond donors (Lipinski definition) is 0. The van der Waals surface area contributed by atoms with Crippen molar-refractivity contribution in [1.82, 2.24) is 4.31 Å². The third-order valence-electron chi connectivity index (χ3n) is 2.97. The maximum atomic E-state index is 13.9. The zero-order chi connectivity index (χ0) is 14.0. The lowest BCUT2D eigenvalue weighted by molar-refractivity contribution is 0.0101. The van der Waals surface area contributed by atoms with Gasteiger partial charge in [-0.2, -0.15) is 4.31 Å². The van der Waals surface area contributed by atoms with Crippen molar-refractivity contribution in [2.45, 2.75) is 23.8 Å². The Morgan fingerprint density at radius 3 is 2.84 bits per heavy atom. The second-order valence-corrected chi connectivity index (χ2v) is 6.62. The molecule has 106 valence electrons. The lowest BCUT2D eigenvalue weighted by atomic mass is 10.2. The van der Waals surface area contributed by atoms with Crippen LogP contribution in [0.1, 0.15) is 12.5 Å². The minimum Gasteiger partial charge on any atom is -0.376 e. The number of benzene rings is 1. The molecule has 0 amide bonds. The number of alkyl halides is 1. The zero-order valence-corrected chi connectivity index (χ0v) is 12.0. The molecule has 0 N–H and O–H groups in total. The van der Waals surface area contributed by atoms with Crippen LogP contribution in [0.15, 0.2) is 23.1 Å². The normalized spacial score (nSPS) is 21.5. The second kappa shape index (κ2) is 5.75. The van der Waals surface area contributed by atoms with Crippen molar-refractivity contribution in [3.8, 4) is 0 Å². The molecule has 1 unspecified atom stereocenters. The SMILES string of the molecule is CC1CN(S(=O)(=O)c2ccc(CCl)cc2F)CCO1. The van der Waals surface area contributed by atoms with Crippen molar-refractivity contribution in [2.24, 2.45) is 0 Å². The molecule has 0 saturated carbocycles. The molecule has 0 spiro atoms. The van der Waals surface area contributed by atoms with Crippen LogP contribution < -0.4 is 0 Å². The van der Waals surface area contributed by atoms with Crippen LogP contribution in [0.5, 0.6) is 0 Å². The third-order valence-corrected chi connectivity index (χ3v) is 5.18. The number of rotatable bonds is 3. The van der Waals surface area contributed by atoms with E-state index in [9.17, 15) is 12.8 Å². The summed E-state index contributed by atoms with van der Waals surface area (Å²) in [6.07, 6.45) is -0.186. The Bertz CT molecular complexity index is 564. The number of sulfonamides is 1. The van der Waals surface area contributed by atoms with E-state index in [1.54, 1.807) is 6.92 Å². The molecule has 1 aliphatic heterocycles. The predicted molar refractivity (Wildman–Crippen MR) is 70.1 cm³/mol. The minimum absolute atomic E-state index is 0.145. The van der Waals surface area contributed by atoms with Gasteiger partial charge in [-0.25, -0.2) is 12.8 Å². The summed E-state index contributed by atoms with van der Waals surface area (Å²) in [7, 11) is -3.82. The van der Waals surface area contributed by atoms with E-state index in [1.165, 1.54) is 16.4 Å². The standard InChI is InChI=1S/C12H15ClFNO3S/c1-9-8-15(4-5-18-9)19(16,17)12-3-2-10(7-13)6-11(12)14/h2-3,6,9H,4-5,7-8H2,1H3. The fraction of sp³-hybridized carbons (Fsp3) is 0.500. The van der Waals surface area contributed by atoms with Crippen LogP contribution >= 0.6 is 11.6 Å². The lowest BCUT2D eigenvalue weighted by Gasteiger charge is -2.30. The lowest BCUT2D eigenvalue weighted by Crippen LogP contribution is -2.44. The van der Waals surface area contributed by atoms with Gasteiger partial charge in [-0.05, 0) is 24.6 Å². The first-order valence-corrected chi connectivity index (χ1v) is 7.88. The van der Waals surface area contributed by atoms with Gasteiger partial charge in [0.25, 0.3) is 0 Å². The fourth-order valence-electron chi connectivity index (χ4n) is 1.98. The van der Waals surface area contributed by atoms with Crippen LogP contribution in [0.25, 0.3) is 0 Å². The van der Waals surface area contributed by atoms with Gasteiger partial charge in [0.2, 0.25) is 10.0 Å². The van der Waals surface area contributed by atoms with E-state index in [-0.39, 0.29) is 30.0 Å². The van der Waals surface area contributed by atoms with Crippen molar-refractivity contribution < 1.29 is 17.5 Å². The highest BCUT2D eigenvalue weighted by Gasteiger charge is 2.31. The molecule has 1 atom stereocenters. The molecule has 7 heteroatoms. The number of nitrogens with zero attached hydrogens (tertiary/aromatic N) is 1. The van der Waals surface area contributed by atoms with Crippen LogP contribution in [-0.2, 0) is 20.6 Å². The topological polar surface area (TPSA) is 46.6 Å². The molecule has 0 aliphatic carbocycles. The average Bonchev–Trinajstić information content (AvgIpc) is 2.38. The van der Waals surface area contributed by atoms with E-state index in [0.717, 1.165) is 6.07 Å². The molecule has 4 nitrogen and oxygen atoms in total. The summed E-state index contributed by atoms with van der Waals surface area (Å²) in [5, 5.41) is 0. The molecule has 2 rings (SSSR count). The van der Waals surface area contributed by atoms with Crippen LogP contribution in [0.4, 0.5) is 4.39 Å². The molecule has 0 radical (unpaired) electrons. The maximum Gasteiger partial charge on any atom is 0.246 e. The van der Waals surface area contributed by atoms with Gasteiger partial charge in [-0.3, -0.25) is 0 Å². The first-order valence-electron chi connectivity index (χ1n) is 5.91. The van der Waals surface area contributed by atoms with E-state index in [0.29, 0.717) is 12.2 Å². The van der Waals surface area contributed by atoms with E-state index >= 15 is 0 Å². The highest BCUT2D eigenvalue weighted by molar-refractivity contribution is 7.89. The van der Waals surface area contributed by atoms with Gasteiger partial charge in [0.05, 0.1) is 12.7 Å². The summed E-state index contributed by atoms with van der Waals surface area (Å²) < 4.78 is 45.1. The molecule has 0 bridgehead atoms. The second-order valence-electron chi connectivity index (χ2n) is 4.44. The summed E-state index contributed by atoms with van der Waals surface area (Å²) in [5.41, 5.74) is 0.550. The number of ether oxygens (including phenoxy) is 1. The van der Waals surface area contributed by atoms with Crippen molar-refractivity contribution in [1.29, 1.82) is 0 Å². The van der Waals surface area contributed by atoms with Crippen molar-refractivity contribution in [3.05, 3.63) is 29.6 Å². The molecule has 1 aromatic carbocycles. The number of hydrogen-bond acceptors (Lipinski definition) is 3. The molecule has 19 heavy (non-hydrogen) atoms. The Labute approximate surface area is 117 Å². The van der Waals surface area contributed by atoms with Gasteiger partial charge in [-0.15, -0.1) is 11.6 Å². The molecule has 1 aromatic rings. The van der Waals surface area contributed by atoms with Crippen LogP contribution in [-0.4, -0.2) is 38.5 Å². The van der Waals surface area contributed by atoms with E-state index < -0.39 is 15.8 Å². The summed E-state index contributed by atoms with van der Waals surface area (Å²) in [5.74, 6) is -0.622. The smallest absolute Gasteiger partial charge is 0.246 e. The minimum atomic E-state index is -3.82. The first-order chi connectivity index (χ1) is 8.95. The van der Waals surface area contributed by atoms with Gasteiger partial charge in [0.15, 0.2) is 0 Å². The highest BCUT2D eigenvalue weighted by Crippen LogP contribution is 2.22. The molecule has 0 aromatic heterocycles. The van der Waals surface area contributed by atoms with Crippen molar-refractivity contribution in [3.63, 3.8) is 0 Å². The molecule has 1 aliphatic rings. The van der Waals surface area contributed by atoms with Crippen LogP contribution in [0, 0.1) is 5.82 Å². The Morgan fingerprint density at radius 2 is 2.26 bits per heavy atom. The van der Waals surface area contributed by atoms with E-state index in [4.69, 9.17) is 16.3 Å². The number of morpholine rings is 1. The van der Waals surface area contributed by atoms with Gasteiger partial charge in [0, 0.05) is 19.0 Å². The summed E-state index contributed by atoms with van der Waals surface area (Å²) in [6, 6.07) is 3.94. The Hall–Kier alpha value is -0.690. The van der Waals surface area contributed by atoms with Crippen molar-refractivity contribution in [2.75, 3.05) is 19.7 Å². The Kier molecular flexibility index (Phi) is 4.45. The highest BCUT2D eigenvalue weighted by atomic mass is 35.5. The molecule has 1 heterocycles. The third kappa shape index (κ3) is 3.08. The summed E-state index contributed by atoms with van der Waals surface area (Å²) in [6.45, 7) is 2.58. The van der Waals surface area contributed by atoms with Gasteiger partial charge in [0.1, 0.15) is 10.7 Å². The average molecular weight is 308 g/mol. The maximum absolute atomic E-state index is 13.9. The largest absolute Gasteiger partial charge is 0.376 e. The predicted octanol–water partition coefficient (Wildman–Crippen LogP) is 1.97. The summed E-state index contributed by atoms with van der Waals surface area (Å²) >= 11 is 5.59. The molecular formula is C12H15ClFNO3S. The summed E-state index contributed by atoms with van der Waals surface area (Å²) in [4.78, 5) is -0.310. The van der Waals surface area contributed by atoms with Gasteiger partial charge in [-0.1, -0.05) is 6.07 Å². The van der Waals surface area contributed by atoms with Crippen LogP contribution in [0.3, 0.4) is 0 Å². The first kappa shape index (κ1) is 14.7. The number of halogens is 2. The fourth-order valence-corrected chi connectivity index (χ4v) is 3.69. The van der Waals surface area contributed by atoms with Gasteiger partial charge >= 0.3 is 0 Å². The Morgan fingerprint density at radius 1 is 1.53 bits per heavy atom. The zero-order valence-electron chi connectivity index (χ0n) is 10.5. The Balaban J connectivity index is 2.33. The van der Waals surface area contributed by atoms with E-state index in [1.807, 2.05) is 0 Å². The van der Waals surface area contributed by atoms with Crippen molar-refractivity contribution >= 4 is 21.6 Å². The van der Waals surface area contributed by atoms with Gasteiger partial charge < -0.3 is 4.74 Å². The van der Waals surface area contributed by atoms with E-state index in [2.05, 4.69) is 0 Å². The van der Waals surface area contributed by atoms with Crippen LogP contribution in [0.2, 0.25) is 0 Å². The molecule has 1 saturated heterocycles. The monoisotopic (exact) mass is 307 g/mol. The molecule has 1 fully saturated rings.